The first-order valence-electron chi connectivity index (χ1n) is 6.39. The highest BCUT2D eigenvalue weighted by Crippen LogP contribution is 2.36. The van der Waals surface area contributed by atoms with E-state index in [0.29, 0.717) is 16.9 Å². The van der Waals surface area contributed by atoms with Gasteiger partial charge in [0.2, 0.25) is 5.75 Å². The minimum absolute atomic E-state index is 0.0970. The number of methoxy groups -OCH3 is 2. The molecular weight excluding hydrogens is 288 g/mol. The van der Waals surface area contributed by atoms with Gasteiger partial charge in [0.1, 0.15) is 5.76 Å². The monoisotopic (exact) mass is 304 g/mol. The van der Waals surface area contributed by atoms with Gasteiger partial charge in [-0.25, -0.2) is 5.43 Å². The summed E-state index contributed by atoms with van der Waals surface area (Å²) in [5, 5.41) is 13.7. The Labute approximate surface area is 127 Å². The maximum atomic E-state index is 11.8. The van der Waals surface area contributed by atoms with Crippen molar-refractivity contribution in [3.05, 3.63) is 41.3 Å². The summed E-state index contributed by atoms with van der Waals surface area (Å²) in [6.07, 6.45) is 2.85. The molecule has 2 aromatic rings. The van der Waals surface area contributed by atoms with Crippen molar-refractivity contribution >= 4 is 12.1 Å². The SMILES string of the molecule is COc1cc(/C=N\NC(=O)c2ccoc2C)cc(OC)c1O. The summed E-state index contributed by atoms with van der Waals surface area (Å²) in [4.78, 5) is 11.8. The lowest BCUT2D eigenvalue weighted by Crippen LogP contribution is -2.17. The van der Waals surface area contributed by atoms with E-state index < -0.39 is 0 Å². The van der Waals surface area contributed by atoms with Crippen LogP contribution in [0.5, 0.6) is 17.2 Å². The molecule has 22 heavy (non-hydrogen) atoms. The van der Waals surface area contributed by atoms with E-state index >= 15 is 0 Å². The number of amides is 1. The molecule has 1 heterocycles. The molecule has 0 fully saturated rings. The van der Waals surface area contributed by atoms with Crippen molar-refractivity contribution in [3.63, 3.8) is 0 Å². The minimum atomic E-state index is -0.375. The molecule has 0 aliphatic heterocycles. The summed E-state index contributed by atoms with van der Waals surface area (Å²) in [5.41, 5.74) is 3.40. The summed E-state index contributed by atoms with van der Waals surface area (Å²) in [7, 11) is 2.86. The second-order valence-electron chi connectivity index (χ2n) is 4.36. The normalized spacial score (nSPS) is 10.7. The Hall–Kier alpha value is -2.96. The van der Waals surface area contributed by atoms with Gasteiger partial charge < -0.3 is 19.0 Å². The van der Waals surface area contributed by atoms with E-state index in [-0.39, 0.29) is 23.2 Å². The molecule has 0 saturated heterocycles. The van der Waals surface area contributed by atoms with Crippen LogP contribution in [0, 0.1) is 6.92 Å². The largest absolute Gasteiger partial charge is 0.502 e. The van der Waals surface area contributed by atoms with Gasteiger partial charge in [-0.15, -0.1) is 0 Å². The molecule has 0 unspecified atom stereocenters. The summed E-state index contributed by atoms with van der Waals surface area (Å²) >= 11 is 0. The van der Waals surface area contributed by atoms with Gasteiger partial charge in [0.15, 0.2) is 11.5 Å². The number of hydrogen-bond donors (Lipinski definition) is 2. The van der Waals surface area contributed by atoms with Crippen LogP contribution in [0.3, 0.4) is 0 Å². The molecule has 0 aliphatic carbocycles. The summed E-state index contributed by atoms with van der Waals surface area (Å²) in [5.74, 6) is 0.539. The molecule has 1 amide bonds. The average Bonchev–Trinajstić information content (AvgIpc) is 2.94. The lowest BCUT2D eigenvalue weighted by atomic mass is 10.2. The molecular formula is C15H16N2O5. The van der Waals surface area contributed by atoms with E-state index in [1.165, 1.54) is 26.7 Å². The Morgan fingerprint density at radius 3 is 2.45 bits per heavy atom. The van der Waals surface area contributed by atoms with Crippen LogP contribution in [0.25, 0.3) is 0 Å². The second kappa shape index (κ2) is 6.66. The highest BCUT2D eigenvalue weighted by atomic mass is 16.5. The molecule has 0 spiro atoms. The van der Waals surface area contributed by atoms with Crippen molar-refractivity contribution in [1.82, 2.24) is 5.43 Å². The summed E-state index contributed by atoms with van der Waals surface area (Å²) in [6.45, 7) is 1.69. The second-order valence-corrected chi connectivity index (χ2v) is 4.36. The minimum Gasteiger partial charge on any atom is -0.502 e. The van der Waals surface area contributed by atoms with Crippen LogP contribution >= 0.6 is 0 Å². The third kappa shape index (κ3) is 3.20. The number of hydrazone groups is 1. The van der Waals surface area contributed by atoms with Gasteiger partial charge in [0.05, 0.1) is 32.3 Å². The smallest absolute Gasteiger partial charge is 0.274 e. The number of benzene rings is 1. The van der Waals surface area contributed by atoms with Crippen molar-refractivity contribution in [1.29, 1.82) is 0 Å². The number of furan rings is 1. The number of hydrogen-bond acceptors (Lipinski definition) is 6. The van der Waals surface area contributed by atoms with Crippen molar-refractivity contribution < 1.29 is 23.8 Å². The molecule has 0 aliphatic rings. The third-order valence-corrected chi connectivity index (χ3v) is 2.99. The molecule has 2 rings (SSSR count). The van der Waals surface area contributed by atoms with E-state index in [2.05, 4.69) is 10.5 Å². The summed E-state index contributed by atoms with van der Waals surface area (Å²) in [6, 6.07) is 4.69. The number of ether oxygens (including phenoxy) is 2. The standard InChI is InChI=1S/C15H16N2O5/c1-9-11(4-5-22-9)15(19)17-16-8-10-6-12(20-2)14(18)13(7-10)21-3/h4-8,18H,1-3H3,(H,17,19)/b16-8-. The van der Waals surface area contributed by atoms with Gasteiger partial charge in [0.25, 0.3) is 5.91 Å². The van der Waals surface area contributed by atoms with Crippen molar-refractivity contribution in [2.75, 3.05) is 14.2 Å². The quantitative estimate of drug-likeness (QED) is 0.651. The van der Waals surface area contributed by atoms with Gasteiger partial charge in [-0.05, 0) is 25.1 Å². The van der Waals surface area contributed by atoms with E-state index in [4.69, 9.17) is 13.9 Å². The highest BCUT2D eigenvalue weighted by molar-refractivity contribution is 5.95. The van der Waals surface area contributed by atoms with E-state index in [9.17, 15) is 9.90 Å². The van der Waals surface area contributed by atoms with Gasteiger partial charge >= 0.3 is 0 Å². The number of nitrogens with zero attached hydrogens (tertiary/aromatic N) is 1. The zero-order valence-corrected chi connectivity index (χ0v) is 12.4. The number of rotatable bonds is 5. The Morgan fingerprint density at radius 1 is 1.32 bits per heavy atom. The molecule has 1 aromatic heterocycles. The van der Waals surface area contributed by atoms with E-state index in [1.54, 1.807) is 25.1 Å². The fourth-order valence-electron chi connectivity index (χ4n) is 1.83. The molecule has 0 atom stereocenters. The molecule has 0 bridgehead atoms. The Morgan fingerprint density at radius 2 is 1.95 bits per heavy atom. The van der Waals surface area contributed by atoms with Gasteiger partial charge in [-0.1, -0.05) is 0 Å². The predicted molar refractivity (Wildman–Crippen MR) is 79.7 cm³/mol. The highest BCUT2D eigenvalue weighted by Gasteiger charge is 2.11. The lowest BCUT2D eigenvalue weighted by Gasteiger charge is -2.09. The summed E-state index contributed by atoms with van der Waals surface area (Å²) < 4.78 is 15.1. The molecule has 7 nitrogen and oxygen atoms in total. The lowest BCUT2D eigenvalue weighted by molar-refractivity contribution is 0.0953. The molecule has 116 valence electrons. The Kier molecular flexibility index (Phi) is 4.67. The van der Waals surface area contributed by atoms with E-state index in [0.717, 1.165) is 0 Å². The zero-order chi connectivity index (χ0) is 16.1. The van der Waals surface area contributed by atoms with Gasteiger partial charge in [-0.3, -0.25) is 4.79 Å². The molecule has 2 N–H and O–H groups in total. The molecule has 1 aromatic carbocycles. The maximum Gasteiger partial charge on any atom is 0.274 e. The number of carbonyl (C=O) groups is 1. The van der Waals surface area contributed by atoms with Crippen LogP contribution in [0.2, 0.25) is 0 Å². The molecule has 0 saturated carbocycles. The van der Waals surface area contributed by atoms with Crippen LogP contribution in [0.15, 0.2) is 34.0 Å². The number of aromatic hydroxyl groups is 1. The van der Waals surface area contributed by atoms with E-state index in [1.807, 2.05) is 0 Å². The number of phenols is 1. The third-order valence-electron chi connectivity index (χ3n) is 2.99. The first-order valence-corrected chi connectivity index (χ1v) is 6.39. The predicted octanol–water partition coefficient (Wildman–Crippen LogP) is 2.07. The molecule has 7 heteroatoms. The van der Waals surface area contributed by atoms with Gasteiger partial charge in [-0.2, -0.15) is 5.10 Å². The fourth-order valence-corrected chi connectivity index (χ4v) is 1.83. The topological polar surface area (TPSA) is 93.3 Å². The van der Waals surface area contributed by atoms with Crippen LogP contribution < -0.4 is 14.9 Å². The fraction of sp³-hybridized carbons (Fsp3) is 0.200. The first-order chi connectivity index (χ1) is 10.6. The first kappa shape index (κ1) is 15.4. The Balaban J connectivity index is 2.13. The number of carbonyl (C=O) groups excluding carboxylic acids is 1. The zero-order valence-electron chi connectivity index (χ0n) is 12.4. The average molecular weight is 304 g/mol. The van der Waals surface area contributed by atoms with Crippen LogP contribution in [0.1, 0.15) is 21.7 Å². The van der Waals surface area contributed by atoms with Crippen LogP contribution in [0.4, 0.5) is 0 Å². The number of phenolic OH excluding ortho intramolecular Hbond substituents is 1. The van der Waals surface area contributed by atoms with Crippen molar-refractivity contribution in [2.24, 2.45) is 5.10 Å². The van der Waals surface area contributed by atoms with Crippen LogP contribution in [-0.4, -0.2) is 31.4 Å². The Bertz CT molecular complexity index is 681. The number of aryl methyl sites for hydroxylation is 1. The van der Waals surface area contributed by atoms with Crippen molar-refractivity contribution in [3.8, 4) is 17.2 Å². The van der Waals surface area contributed by atoms with Crippen molar-refractivity contribution in [2.45, 2.75) is 6.92 Å². The maximum absolute atomic E-state index is 11.8. The van der Waals surface area contributed by atoms with Gasteiger partial charge in [0, 0.05) is 5.56 Å². The molecule has 0 radical (unpaired) electrons. The number of nitrogens with one attached hydrogen (secondary N) is 1. The van der Waals surface area contributed by atoms with Crippen LogP contribution in [-0.2, 0) is 0 Å².